The Bertz CT molecular complexity index is 347. The highest BCUT2D eigenvalue weighted by Gasteiger charge is 2.45. The van der Waals surface area contributed by atoms with Gasteiger partial charge >= 0.3 is 0 Å². The standard InChI is InChI=1S/C17H33N3O/c1-14-12-19(2)10-11-20(14)9-7-15-4-3-8-17(15,13-21)18-16-5-6-16/h14-16,18,21H,3-13H2,1-2H3. The van der Waals surface area contributed by atoms with Crippen LogP contribution in [0.3, 0.4) is 0 Å². The maximum atomic E-state index is 10.0. The molecule has 1 aliphatic heterocycles. The van der Waals surface area contributed by atoms with Crippen molar-refractivity contribution in [1.29, 1.82) is 0 Å². The lowest BCUT2D eigenvalue weighted by Crippen LogP contribution is -2.54. The molecule has 0 radical (unpaired) electrons. The maximum absolute atomic E-state index is 10.0. The molecule has 3 unspecified atom stereocenters. The van der Waals surface area contributed by atoms with Crippen LogP contribution in [-0.2, 0) is 0 Å². The topological polar surface area (TPSA) is 38.7 Å². The van der Waals surface area contributed by atoms with E-state index in [9.17, 15) is 5.11 Å². The Hall–Kier alpha value is -0.160. The molecule has 1 heterocycles. The van der Waals surface area contributed by atoms with Gasteiger partial charge in [-0.3, -0.25) is 4.90 Å². The van der Waals surface area contributed by atoms with Crippen molar-refractivity contribution in [1.82, 2.24) is 15.1 Å². The van der Waals surface area contributed by atoms with Crippen molar-refractivity contribution in [3.8, 4) is 0 Å². The third-order valence-electron chi connectivity index (χ3n) is 6.04. The molecule has 3 rings (SSSR count). The van der Waals surface area contributed by atoms with Crippen molar-refractivity contribution in [2.24, 2.45) is 5.92 Å². The first-order chi connectivity index (χ1) is 10.1. The van der Waals surface area contributed by atoms with E-state index < -0.39 is 0 Å². The molecular formula is C17H33N3O. The average molecular weight is 295 g/mol. The Morgan fingerprint density at radius 3 is 2.71 bits per heavy atom. The lowest BCUT2D eigenvalue weighted by Gasteiger charge is -2.40. The van der Waals surface area contributed by atoms with Crippen LogP contribution < -0.4 is 5.32 Å². The largest absolute Gasteiger partial charge is 0.394 e. The van der Waals surface area contributed by atoms with E-state index in [1.807, 2.05) is 0 Å². The molecule has 1 saturated heterocycles. The fraction of sp³-hybridized carbons (Fsp3) is 1.00. The molecule has 3 atom stereocenters. The Morgan fingerprint density at radius 1 is 1.24 bits per heavy atom. The molecule has 3 aliphatic rings. The zero-order valence-electron chi connectivity index (χ0n) is 13.9. The van der Waals surface area contributed by atoms with E-state index in [1.165, 1.54) is 64.7 Å². The average Bonchev–Trinajstić information content (AvgIpc) is 3.18. The first-order valence-electron chi connectivity index (χ1n) is 8.94. The summed E-state index contributed by atoms with van der Waals surface area (Å²) in [7, 11) is 2.22. The molecule has 2 aliphatic carbocycles. The molecule has 0 aromatic heterocycles. The monoisotopic (exact) mass is 295 g/mol. The van der Waals surface area contributed by atoms with Crippen molar-refractivity contribution in [3.63, 3.8) is 0 Å². The highest BCUT2D eigenvalue weighted by atomic mass is 16.3. The number of nitrogens with zero attached hydrogens (tertiary/aromatic N) is 2. The summed E-state index contributed by atoms with van der Waals surface area (Å²) in [5.74, 6) is 0.662. The van der Waals surface area contributed by atoms with Crippen molar-refractivity contribution in [2.45, 2.75) is 63.1 Å². The van der Waals surface area contributed by atoms with Crippen LogP contribution in [0.4, 0.5) is 0 Å². The number of hydrogen-bond donors (Lipinski definition) is 2. The third kappa shape index (κ3) is 3.61. The van der Waals surface area contributed by atoms with Gasteiger partial charge in [0.1, 0.15) is 0 Å². The smallest absolute Gasteiger partial charge is 0.0616 e. The van der Waals surface area contributed by atoms with E-state index in [4.69, 9.17) is 0 Å². The maximum Gasteiger partial charge on any atom is 0.0616 e. The van der Waals surface area contributed by atoms with Crippen LogP contribution in [0.1, 0.15) is 45.4 Å². The van der Waals surface area contributed by atoms with Gasteiger partial charge in [-0.15, -0.1) is 0 Å². The summed E-state index contributed by atoms with van der Waals surface area (Å²) in [6, 6.07) is 1.37. The van der Waals surface area contributed by atoms with Crippen LogP contribution in [0.25, 0.3) is 0 Å². The van der Waals surface area contributed by atoms with E-state index in [-0.39, 0.29) is 5.54 Å². The molecule has 0 aromatic rings. The van der Waals surface area contributed by atoms with Gasteiger partial charge in [-0.25, -0.2) is 0 Å². The van der Waals surface area contributed by atoms with E-state index in [0.29, 0.717) is 24.6 Å². The van der Waals surface area contributed by atoms with E-state index in [0.717, 1.165) is 0 Å². The van der Waals surface area contributed by atoms with Crippen LogP contribution in [0, 0.1) is 5.92 Å². The number of nitrogens with one attached hydrogen (secondary N) is 1. The predicted molar refractivity (Wildman–Crippen MR) is 86.5 cm³/mol. The van der Waals surface area contributed by atoms with Gasteiger partial charge in [0.15, 0.2) is 0 Å². The van der Waals surface area contributed by atoms with Gasteiger partial charge < -0.3 is 15.3 Å². The molecule has 2 N–H and O–H groups in total. The fourth-order valence-corrected chi connectivity index (χ4v) is 4.47. The molecule has 4 heteroatoms. The molecule has 2 saturated carbocycles. The van der Waals surface area contributed by atoms with E-state index in [2.05, 4.69) is 29.1 Å². The molecule has 0 amide bonds. The molecule has 0 spiro atoms. The van der Waals surface area contributed by atoms with Crippen molar-refractivity contribution in [2.75, 3.05) is 39.8 Å². The lowest BCUT2D eigenvalue weighted by atomic mass is 9.84. The first kappa shape index (κ1) is 15.7. The minimum absolute atomic E-state index is 0.0387. The van der Waals surface area contributed by atoms with Crippen LogP contribution >= 0.6 is 0 Å². The quantitative estimate of drug-likeness (QED) is 0.775. The van der Waals surface area contributed by atoms with E-state index in [1.54, 1.807) is 0 Å². The van der Waals surface area contributed by atoms with Crippen LogP contribution in [0.5, 0.6) is 0 Å². The molecule has 122 valence electrons. The molecule has 21 heavy (non-hydrogen) atoms. The Morgan fingerprint density at radius 2 is 2.05 bits per heavy atom. The highest BCUT2D eigenvalue weighted by Crippen LogP contribution is 2.40. The minimum Gasteiger partial charge on any atom is -0.394 e. The van der Waals surface area contributed by atoms with Gasteiger partial charge in [-0.1, -0.05) is 6.42 Å². The number of aliphatic hydroxyl groups excluding tert-OH is 1. The molecule has 0 bridgehead atoms. The fourth-order valence-electron chi connectivity index (χ4n) is 4.47. The molecular weight excluding hydrogens is 262 g/mol. The number of hydrogen-bond acceptors (Lipinski definition) is 4. The van der Waals surface area contributed by atoms with Gasteiger partial charge in [0, 0.05) is 37.3 Å². The Labute approximate surface area is 129 Å². The van der Waals surface area contributed by atoms with Gasteiger partial charge in [0.05, 0.1) is 6.61 Å². The lowest BCUT2D eigenvalue weighted by molar-refractivity contribution is 0.0751. The summed E-state index contributed by atoms with van der Waals surface area (Å²) in [6.45, 7) is 7.47. The number of likely N-dealkylation sites (N-methyl/N-ethyl adjacent to an activating group) is 1. The highest BCUT2D eigenvalue weighted by molar-refractivity contribution is 5.03. The Balaban J connectivity index is 1.53. The summed E-state index contributed by atoms with van der Waals surface area (Å²) in [4.78, 5) is 5.08. The number of piperazine rings is 1. The van der Waals surface area contributed by atoms with Gasteiger partial charge in [0.25, 0.3) is 0 Å². The summed E-state index contributed by atoms with van der Waals surface area (Å²) in [5.41, 5.74) is 0.0387. The second-order valence-electron chi connectivity index (χ2n) is 7.76. The molecule has 3 fully saturated rings. The predicted octanol–water partition coefficient (Wildman–Crippen LogP) is 1.30. The number of aliphatic hydroxyl groups is 1. The summed E-state index contributed by atoms with van der Waals surface area (Å²) in [5, 5.41) is 13.8. The van der Waals surface area contributed by atoms with E-state index >= 15 is 0 Å². The SMILES string of the molecule is CC1CN(C)CCN1CCC1CCCC1(CO)NC1CC1. The van der Waals surface area contributed by atoms with Crippen molar-refractivity contribution < 1.29 is 5.11 Å². The normalized spacial score (nSPS) is 39.0. The molecule has 4 nitrogen and oxygen atoms in total. The van der Waals surface area contributed by atoms with Crippen molar-refractivity contribution in [3.05, 3.63) is 0 Å². The summed E-state index contributed by atoms with van der Waals surface area (Å²) >= 11 is 0. The second-order valence-corrected chi connectivity index (χ2v) is 7.76. The van der Waals surface area contributed by atoms with Gasteiger partial charge in [-0.05, 0) is 58.5 Å². The zero-order valence-corrected chi connectivity index (χ0v) is 13.9. The molecule has 0 aromatic carbocycles. The zero-order chi connectivity index (χ0) is 14.9. The van der Waals surface area contributed by atoms with Crippen LogP contribution in [0.2, 0.25) is 0 Å². The van der Waals surface area contributed by atoms with Crippen molar-refractivity contribution >= 4 is 0 Å². The summed E-state index contributed by atoms with van der Waals surface area (Å²) < 4.78 is 0. The Kier molecular flexibility index (Phi) is 4.89. The van der Waals surface area contributed by atoms with Crippen LogP contribution in [-0.4, -0.2) is 72.4 Å². The summed E-state index contributed by atoms with van der Waals surface area (Å²) in [6.07, 6.45) is 7.61. The minimum atomic E-state index is 0.0387. The number of rotatable bonds is 6. The van der Waals surface area contributed by atoms with Crippen LogP contribution in [0.15, 0.2) is 0 Å². The third-order valence-corrected chi connectivity index (χ3v) is 6.04. The van der Waals surface area contributed by atoms with Gasteiger partial charge in [-0.2, -0.15) is 0 Å². The first-order valence-corrected chi connectivity index (χ1v) is 8.94. The van der Waals surface area contributed by atoms with Gasteiger partial charge in [0.2, 0.25) is 0 Å². The second kappa shape index (κ2) is 6.53.